The van der Waals surface area contributed by atoms with Gasteiger partial charge >= 0.3 is 0 Å². The Morgan fingerprint density at radius 1 is 1.07 bits per heavy atom. The quantitative estimate of drug-likeness (QED) is 0.759. The van der Waals surface area contributed by atoms with Gasteiger partial charge in [-0.2, -0.15) is 5.26 Å². The third-order valence-electron chi connectivity index (χ3n) is 3.21. The molecule has 0 aliphatic heterocycles. The lowest BCUT2D eigenvalue weighted by Crippen LogP contribution is -2.16. The van der Waals surface area contributed by atoms with Gasteiger partial charge in [-0.3, -0.25) is 0 Å². The summed E-state index contributed by atoms with van der Waals surface area (Å²) in [7, 11) is 0. The maximum absolute atomic E-state index is 9.41. The van der Waals surface area contributed by atoms with Crippen LogP contribution in [0.2, 0.25) is 0 Å². The topological polar surface area (TPSA) is 44.0 Å². The van der Waals surface area contributed by atoms with E-state index in [9.17, 15) is 5.11 Å². The number of hydrogen-bond acceptors (Lipinski definition) is 2. The van der Waals surface area contributed by atoms with Gasteiger partial charge in [-0.1, -0.05) is 12.1 Å². The van der Waals surface area contributed by atoms with Crippen molar-refractivity contribution in [1.29, 1.82) is 5.26 Å². The zero-order valence-corrected chi connectivity index (χ0v) is 8.69. The molecule has 0 radical (unpaired) electrons. The molecule has 78 valence electrons. The molecule has 15 heavy (non-hydrogen) atoms. The van der Waals surface area contributed by atoms with E-state index in [-0.39, 0.29) is 6.10 Å². The van der Waals surface area contributed by atoms with Gasteiger partial charge < -0.3 is 5.11 Å². The van der Waals surface area contributed by atoms with E-state index in [2.05, 4.69) is 6.07 Å². The molecule has 0 heterocycles. The van der Waals surface area contributed by atoms with Gasteiger partial charge in [0.25, 0.3) is 0 Å². The molecule has 0 atom stereocenters. The van der Waals surface area contributed by atoms with E-state index in [0.717, 1.165) is 31.2 Å². The van der Waals surface area contributed by atoms with Crippen LogP contribution in [0.15, 0.2) is 24.3 Å². The number of hydrogen-bond donors (Lipinski definition) is 1. The van der Waals surface area contributed by atoms with Crippen molar-refractivity contribution in [3.05, 3.63) is 35.4 Å². The minimum atomic E-state index is -0.0976. The highest BCUT2D eigenvalue weighted by Gasteiger charge is 2.20. The van der Waals surface area contributed by atoms with Crippen LogP contribution in [-0.2, 0) is 0 Å². The summed E-state index contributed by atoms with van der Waals surface area (Å²) in [6.45, 7) is 0. The third-order valence-corrected chi connectivity index (χ3v) is 3.21. The molecule has 1 aliphatic carbocycles. The summed E-state index contributed by atoms with van der Waals surface area (Å²) in [5, 5.41) is 18.1. The van der Waals surface area contributed by atoms with Crippen molar-refractivity contribution in [2.24, 2.45) is 0 Å². The summed E-state index contributed by atoms with van der Waals surface area (Å²) >= 11 is 0. The fourth-order valence-corrected chi connectivity index (χ4v) is 2.24. The smallest absolute Gasteiger partial charge is 0.0991 e. The fourth-order valence-electron chi connectivity index (χ4n) is 2.24. The fraction of sp³-hybridized carbons (Fsp3) is 0.462. The summed E-state index contributed by atoms with van der Waals surface area (Å²) in [6, 6.07) is 9.96. The molecule has 2 nitrogen and oxygen atoms in total. The van der Waals surface area contributed by atoms with Crippen molar-refractivity contribution < 1.29 is 5.11 Å². The van der Waals surface area contributed by atoms with Crippen LogP contribution in [0.4, 0.5) is 0 Å². The molecule has 0 unspecified atom stereocenters. The van der Waals surface area contributed by atoms with Crippen molar-refractivity contribution in [1.82, 2.24) is 0 Å². The Labute approximate surface area is 90.2 Å². The van der Waals surface area contributed by atoms with Crippen LogP contribution in [0.3, 0.4) is 0 Å². The SMILES string of the molecule is N#Cc1ccc([C@H]2CC[C@H](O)CC2)cc1. The Kier molecular flexibility index (Phi) is 3.03. The number of benzene rings is 1. The maximum atomic E-state index is 9.41. The summed E-state index contributed by atoms with van der Waals surface area (Å²) < 4.78 is 0. The minimum Gasteiger partial charge on any atom is -0.393 e. The lowest BCUT2D eigenvalue weighted by atomic mass is 9.83. The molecule has 2 rings (SSSR count). The Morgan fingerprint density at radius 2 is 1.67 bits per heavy atom. The second kappa shape index (κ2) is 4.46. The number of nitrogens with zero attached hydrogens (tertiary/aromatic N) is 1. The van der Waals surface area contributed by atoms with Gasteiger partial charge in [0.1, 0.15) is 0 Å². The van der Waals surface area contributed by atoms with E-state index in [4.69, 9.17) is 5.26 Å². The Morgan fingerprint density at radius 3 is 2.20 bits per heavy atom. The lowest BCUT2D eigenvalue weighted by molar-refractivity contribution is 0.122. The van der Waals surface area contributed by atoms with E-state index >= 15 is 0 Å². The first kappa shape index (κ1) is 10.2. The van der Waals surface area contributed by atoms with Gasteiger partial charge in [0, 0.05) is 0 Å². The normalized spacial score (nSPS) is 25.9. The first-order valence-corrected chi connectivity index (χ1v) is 5.47. The molecule has 1 fully saturated rings. The highest BCUT2D eigenvalue weighted by molar-refractivity contribution is 5.33. The van der Waals surface area contributed by atoms with Crippen molar-refractivity contribution in [3.8, 4) is 6.07 Å². The molecular weight excluding hydrogens is 186 g/mol. The molecule has 0 aromatic heterocycles. The van der Waals surface area contributed by atoms with Gasteiger partial charge in [-0.25, -0.2) is 0 Å². The predicted molar refractivity (Wildman–Crippen MR) is 58.4 cm³/mol. The number of rotatable bonds is 1. The van der Waals surface area contributed by atoms with E-state index < -0.39 is 0 Å². The lowest BCUT2D eigenvalue weighted by Gasteiger charge is -2.25. The van der Waals surface area contributed by atoms with Crippen LogP contribution in [0.25, 0.3) is 0 Å². The molecule has 2 heteroatoms. The average molecular weight is 201 g/mol. The summed E-state index contributed by atoms with van der Waals surface area (Å²) in [5.41, 5.74) is 2.02. The van der Waals surface area contributed by atoms with E-state index in [1.807, 2.05) is 24.3 Å². The van der Waals surface area contributed by atoms with Gasteiger partial charge in [0.05, 0.1) is 17.7 Å². The van der Waals surface area contributed by atoms with Gasteiger partial charge in [0.2, 0.25) is 0 Å². The Hall–Kier alpha value is -1.33. The molecule has 0 bridgehead atoms. The van der Waals surface area contributed by atoms with Crippen LogP contribution in [0, 0.1) is 11.3 Å². The van der Waals surface area contributed by atoms with Crippen LogP contribution < -0.4 is 0 Å². The monoisotopic (exact) mass is 201 g/mol. The zero-order valence-electron chi connectivity index (χ0n) is 8.69. The second-order valence-corrected chi connectivity index (χ2v) is 4.24. The zero-order chi connectivity index (χ0) is 10.7. The second-order valence-electron chi connectivity index (χ2n) is 4.24. The Bertz CT molecular complexity index is 355. The predicted octanol–water partition coefficient (Wildman–Crippen LogP) is 2.58. The largest absolute Gasteiger partial charge is 0.393 e. The van der Waals surface area contributed by atoms with E-state index in [0.29, 0.717) is 5.92 Å². The van der Waals surface area contributed by atoms with Crippen molar-refractivity contribution in [2.75, 3.05) is 0 Å². The van der Waals surface area contributed by atoms with E-state index in [1.165, 1.54) is 5.56 Å². The first-order valence-electron chi connectivity index (χ1n) is 5.47. The summed E-state index contributed by atoms with van der Waals surface area (Å²) in [4.78, 5) is 0. The molecule has 1 aromatic rings. The third kappa shape index (κ3) is 2.37. The molecular formula is C13H15NO. The van der Waals surface area contributed by atoms with Crippen LogP contribution in [0.1, 0.15) is 42.7 Å². The highest BCUT2D eigenvalue weighted by Crippen LogP contribution is 2.32. The van der Waals surface area contributed by atoms with Gasteiger partial charge in [0.15, 0.2) is 0 Å². The maximum Gasteiger partial charge on any atom is 0.0991 e. The van der Waals surface area contributed by atoms with Crippen molar-refractivity contribution >= 4 is 0 Å². The van der Waals surface area contributed by atoms with Crippen LogP contribution in [0.5, 0.6) is 0 Å². The van der Waals surface area contributed by atoms with Crippen molar-refractivity contribution in [3.63, 3.8) is 0 Å². The molecule has 1 aromatic carbocycles. The highest BCUT2D eigenvalue weighted by atomic mass is 16.3. The van der Waals surface area contributed by atoms with Crippen LogP contribution in [-0.4, -0.2) is 11.2 Å². The standard InChI is InChI=1S/C13H15NO/c14-9-10-1-3-11(4-2-10)12-5-7-13(15)8-6-12/h1-4,12-13,15H,5-8H2/t12-,13-. The number of nitriles is 1. The molecule has 0 saturated heterocycles. The number of aliphatic hydroxyl groups is 1. The van der Waals surface area contributed by atoms with Gasteiger partial charge in [-0.15, -0.1) is 0 Å². The molecule has 1 aliphatic rings. The molecule has 1 saturated carbocycles. The summed E-state index contributed by atoms with van der Waals surface area (Å²) in [6.07, 6.45) is 3.84. The molecule has 0 spiro atoms. The number of aliphatic hydroxyl groups excluding tert-OH is 1. The first-order chi connectivity index (χ1) is 7.29. The molecule has 1 N–H and O–H groups in total. The van der Waals surface area contributed by atoms with Crippen molar-refractivity contribution in [2.45, 2.75) is 37.7 Å². The van der Waals surface area contributed by atoms with Crippen LogP contribution >= 0.6 is 0 Å². The average Bonchev–Trinajstić information content (AvgIpc) is 2.30. The van der Waals surface area contributed by atoms with E-state index in [1.54, 1.807) is 0 Å². The summed E-state index contributed by atoms with van der Waals surface area (Å²) in [5.74, 6) is 0.571. The van der Waals surface area contributed by atoms with Gasteiger partial charge in [-0.05, 0) is 49.3 Å². The Balaban J connectivity index is 2.07. The molecule has 0 amide bonds. The minimum absolute atomic E-state index is 0.0976.